The van der Waals surface area contributed by atoms with Crippen LogP contribution in [0, 0.1) is 0 Å². The molecule has 0 aliphatic heterocycles. The van der Waals surface area contributed by atoms with Crippen LogP contribution >= 0.6 is 11.3 Å². The van der Waals surface area contributed by atoms with Crippen molar-refractivity contribution < 1.29 is 23.4 Å². The number of aromatic hydroxyl groups is 2. The summed E-state index contributed by atoms with van der Waals surface area (Å²) in [6.45, 7) is 0. The van der Waals surface area contributed by atoms with E-state index in [9.17, 15) is 23.4 Å². The number of hydrogen-bond donors (Lipinski definition) is 2. The third kappa shape index (κ3) is 2.52. The number of phenols is 2. The molecule has 3 nitrogen and oxygen atoms in total. The van der Waals surface area contributed by atoms with Crippen LogP contribution in [0.3, 0.4) is 0 Å². The Labute approximate surface area is 120 Å². The fourth-order valence-corrected chi connectivity index (χ4v) is 2.89. The van der Waals surface area contributed by atoms with Gasteiger partial charge in [0, 0.05) is 0 Å². The maximum atomic E-state index is 12.7. The van der Waals surface area contributed by atoms with Crippen LogP contribution in [0.2, 0.25) is 0 Å². The molecule has 0 saturated heterocycles. The summed E-state index contributed by atoms with van der Waals surface area (Å²) in [7, 11) is 0. The molecule has 0 unspecified atom stereocenters. The maximum absolute atomic E-state index is 12.7. The molecule has 0 radical (unpaired) electrons. The Morgan fingerprint density at radius 2 is 1.76 bits per heavy atom. The quantitative estimate of drug-likeness (QED) is 0.655. The van der Waals surface area contributed by atoms with Gasteiger partial charge in [-0.15, -0.1) is 11.3 Å². The average molecular weight is 311 g/mol. The minimum Gasteiger partial charge on any atom is -0.508 e. The van der Waals surface area contributed by atoms with Crippen molar-refractivity contribution in [2.24, 2.45) is 0 Å². The maximum Gasteiger partial charge on any atom is 0.416 e. The summed E-state index contributed by atoms with van der Waals surface area (Å²) in [5.74, 6) is -0.152. The third-order valence-electron chi connectivity index (χ3n) is 2.93. The summed E-state index contributed by atoms with van der Waals surface area (Å²) >= 11 is 1.14. The first-order chi connectivity index (χ1) is 9.84. The van der Waals surface area contributed by atoms with Gasteiger partial charge in [0.15, 0.2) is 0 Å². The van der Waals surface area contributed by atoms with E-state index >= 15 is 0 Å². The zero-order valence-corrected chi connectivity index (χ0v) is 11.2. The van der Waals surface area contributed by atoms with E-state index in [-0.39, 0.29) is 22.6 Å². The molecule has 0 aliphatic rings. The first-order valence-electron chi connectivity index (χ1n) is 5.85. The second kappa shape index (κ2) is 4.63. The number of benzene rings is 2. The molecule has 21 heavy (non-hydrogen) atoms. The Kier molecular flexibility index (Phi) is 3.02. The molecule has 0 spiro atoms. The highest BCUT2D eigenvalue weighted by atomic mass is 32.1. The lowest BCUT2D eigenvalue weighted by Gasteiger charge is -2.04. The van der Waals surface area contributed by atoms with Gasteiger partial charge in [0.05, 0.1) is 21.3 Å². The van der Waals surface area contributed by atoms with Gasteiger partial charge in [0.1, 0.15) is 16.5 Å². The first-order valence-corrected chi connectivity index (χ1v) is 6.66. The number of hydrogen-bond acceptors (Lipinski definition) is 4. The number of rotatable bonds is 1. The summed E-state index contributed by atoms with van der Waals surface area (Å²) < 4.78 is 38.6. The van der Waals surface area contributed by atoms with Crippen molar-refractivity contribution in [3.8, 4) is 22.1 Å². The van der Waals surface area contributed by atoms with Crippen LogP contribution in [0.25, 0.3) is 20.8 Å². The highest BCUT2D eigenvalue weighted by Crippen LogP contribution is 2.38. The van der Waals surface area contributed by atoms with Crippen molar-refractivity contribution in [3.05, 3.63) is 42.0 Å². The molecule has 0 saturated carbocycles. The van der Waals surface area contributed by atoms with Gasteiger partial charge in [-0.2, -0.15) is 13.2 Å². The lowest BCUT2D eigenvalue weighted by atomic mass is 10.2. The average Bonchev–Trinajstić information content (AvgIpc) is 2.83. The number of nitrogens with zero attached hydrogens (tertiary/aromatic N) is 1. The van der Waals surface area contributed by atoms with Crippen molar-refractivity contribution in [2.75, 3.05) is 0 Å². The molecule has 3 aromatic rings. The van der Waals surface area contributed by atoms with Crippen molar-refractivity contribution in [2.45, 2.75) is 6.18 Å². The molecule has 0 bridgehead atoms. The van der Waals surface area contributed by atoms with Crippen LogP contribution in [-0.4, -0.2) is 15.2 Å². The second-order valence-electron chi connectivity index (χ2n) is 4.40. The lowest BCUT2D eigenvalue weighted by molar-refractivity contribution is -0.137. The van der Waals surface area contributed by atoms with Crippen molar-refractivity contribution in [1.29, 1.82) is 0 Å². The van der Waals surface area contributed by atoms with E-state index in [2.05, 4.69) is 4.98 Å². The molecule has 0 aliphatic carbocycles. The molecule has 2 N–H and O–H groups in total. The highest BCUT2D eigenvalue weighted by molar-refractivity contribution is 7.21. The van der Waals surface area contributed by atoms with Crippen LogP contribution in [0.5, 0.6) is 11.5 Å². The molecule has 0 atom stereocenters. The van der Waals surface area contributed by atoms with Gasteiger partial charge < -0.3 is 10.2 Å². The van der Waals surface area contributed by atoms with E-state index in [1.807, 2.05) is 0 Å². The Hall–Kier alpha value is -2.28. The van der Waals surface area contributed by atoms with Crippen molar-refractivity contribution in [3.63, 3.8) is 0 Å². The minimum atomic E-state index is -4.43. The van der Waals surface area contributed by atoms with Gasteiger partial charge in [0.25, 0.3) is 0 Å². The summed E-state index contributed by atoms with van der Waals surface area (Å²) in [6, 6.07) is 7.24. The summed E-state index contributed by atoms with van der Waals surface area (Å²) in [6.07, 6.45) is -4.43. The molecule has 1 heterocycles. The Morgan fingerprint density at radius 1 is 1.00 bits per heavy atom. The van der Waals surface area contributed by atoms with Crippen molar-refractivity contribution in [1.82, 2.24) is 4.98 Å². The largest absolute Gasteiger partial charge is 0.508 e. The van der Waals surface area contributed by atoms with E-state index in [1.54, 1.807) is 0 Å². The molecular weight excluding hydrogens is 303 g/mol. The van der Waals surface area contributed by atoms with E-state index in [1.165, 1.54) is 24.3 Å². The van der Waals surface area contributed by atoms with Gasteiger partial charge >= 0.3 is 6.18 Å². The van der Waals surface area contributed by atoms with E-state index < -0.39 is 11.7 Å². The monoisotopic (exact) mass is 311 g/mol. The SMILES string of the molecule is Oc1ccc(O)c(-c2nc3cc(C(F)(F)F)ccc3s2)c1. The predicted molar refractivity (Wildman–Crippen MR) is 73.4 cm³/mol. The molecule has 0 fully saturated rings. The fourth-order valence-electron chi connectivity index (χ4n) is 1.91. The zero-order chi connectivity index (χ0) is 15.2. The summed E-state index contributed by atoms with van der Waals surface area (Å²) in [4.78, 5) is 4.11. The molecular formula is C14H8F3NO2S. The number of phenolic OH excluding ortho intramolecular Hbond substituents is 2. The Morgan fingerprint density at radius 3 is 2.48 bits per heavy atom. The highest BCUT2D eigenvalue weighted by Gasteiger charge is 2.30. The Bertz CT molecular complexity index is 827. The third-order valence-corrected chi connectivity index (χ3v) is 4.00. The summed E-state index contributed by atoms with van der Waals surface area (Å²) in [5.41, 5.74) is -0.288. The lowest BCUT2D eigenvalue weighted by Crippen LogP contribution is -2.03. The first kappa shape index (κ1) is 13.7. The van der Waals surface area contributed by atoms with Crippen molar-refractivity contribution >= 4 is 21.6 Å². The molecule has 108 valence electrons. The second-order valence-corrected chi connectivity index (χ2v) is 5.43. The van der Waals surface area contributed by atoms with Crippen LogP contribution < -0.4 is 0 Å². The number of alkyl halides is 3. The molecule has 1 aromatic heterocycles. The molecule has 2 aromatic carbocycles. The molecule has 7 heteroatoms. The predicted octanol–water partition coefficient (Wildman–Crippen LogP) is 4.39. The smallest absolute Gasteiger partial charge is 0.416 e. The van der Waals surface area contributed by atoms with Crippen LogP contribution in [0.1, 0.15) is 5.56 Å². The van der Waals surface area contributed by atoms with Gasteiger partial charge in [-0.05, 0) is 36.4 Å². The van der Waals surface area contributed by atoms with Crippen LogP contribution in [0.4, 0.5) is 13.2 Å². The van der Waals surface area contributed by atoms with Gasteiger partial charge in [-0.3, -0.25) is 0 Å². The molecule has 0 amide bonds. The van der Waals surface area contributed by atoms with Gasteiger partial charge in [-0.1, -0.05) is 0 Å². The Balaban J connectivity index is 2.15. The topological polar surface area (TPSA) is 53.4 Å². The number of fused-ring (bicyclic) bond motifs is 1. The van der Waals surface area contributed by atoms with E-state index in [4.69, 9.17) is 0 Å². The normalized spacial score (nSPS) is 12.0. The molecule has 3 rings (SSSR count). The fraction of sp³-hybridized carbons (Fsp3) is 0.0714. The van der Waals surface area contributed by atoms with E-state index in [0.29, 0.717) is 9.71 Å². The van der Waals surface area contributed by atoms with Crippen LogP contribution in [-0.2, 0) is 6.18 Å². The van der Waals surface area contributed by atoms with Gasteiger partial charge in [0.2, 0.25) is 0 Å². The van der Waals surface area contributed by atoms with E-state index in [0.717, 1.165) is 23.5 Å². The summed E-state index contributed by atoms with van der Waals surface area (Å²) in [5, 5.41) is 19.6. The van der Waals surface area contributed by atoms with Crippen LogP contribution in [0.15, 0.2) is 36.4 Å². The zero-order valence-electron chi connectivity index (χ0n) is 10.3. The number of aromatic nitrogens is 1. The number of halogens is 3. The standard InChI is InChI=1S/C14H8F3NO2S/c15-14(16,17)7-1-4-12-10(5-7)18-13(21-12)9-6-8(19)2-3-11(9)20/h1-6,19-20H. The number of thiazole rings is 1. The minimum absolute atomic E-state index is 0.0574. The van der Waals surface area contributed by atoms with Gasteiger partial charge in [-0.25, -0.2) is 4.98 Å².